The zero-order chi connectivity index (χ0) is 21.2. The van der Waals surface area contributed by atoms with Gasteiger partial charge < -0.3 is 10.1 Å². The Morgan fingerprint density at radius 3 is 2.86 bits per heavy atom. The number of hydrazine groups is 1. The highest BCUT2D eigenvalue weighted by Crippen LogP contribution is 2.15. The number of hydrogen-bond donors (Lipinski definition) is 3. The van der Waals surface area contributed by atoms with Crippen LogP contribution in [0.1, 0.15) is 5.56 Å². The van der Waals surface area contributed by atoms with Crippen LogP contribution in [-0.4, -0.2) is 54.8 Å². The van der Waals surface area contributed by atoms with Crippen LogP contribution in [-0.2, 0) is 20.9 Å². The van der Waals surface area contributed by atoms with Crippen molar-refractivity contribution in [3.8, 4) is 0 Å². The summed E-state index contributed by atoms with van der Waals surface area (Å²) in [5, 5.41) is 2.80. The quantitative estimate of drug-likeness (QED) is 0.180. The minimum Gasteiger partial charge on any atom is -0.374 e. The van der Waals surface area contributed by atoms with Gasteiger partial charge in [0.1, 0.15) is 0 Å². The van der Waals surface area contributed by atoms with E-state index in [2.05, 4.69) is 16.8 Å². The first kappa shape index (κ1) is 23.0. The number of ether oxygens (including phenoxy) is 1. The number of allylic oxidation sites excluding steroid dienone is 1. The lowest BCUT2D eigenvalue weighted by atomic mass is 10.1. The van der Waals surface area contributed by atoms with E-state index in [1.165, 1.54) is 30.0 Å². The van der Waals surface area contributed by atoms with Crippen LogP contribution in [0.2, 0.25) is 0 Å². The molecule has 0 spiro atoms. The first-order chi connectivity index (χ1) is 13.9. The average molecular weight is 426 g/mol. The van der Waals surface area contributed by atoms with E-state index in [1.54, 1.807) is 6.07 Å². The molecule has 1 aromatic rings. The van der Waals surface area contributed by atoms with Crippen molar-refractivity contribution in [2.24, 2.45) is 5.84 Å². The zero-order valence-electron chi connectivity index (χ0n) is 15.8. The molecule has 29 heavy (non-hydrogen) atoms. The predicted molar refractivity (Wildman–Crippen MR) is 107 cm³/mol. The van der Waals surface area contributed by atoms with E-state index in [9.17, 15) is 18.4 Å². The minimum absolute atomic E-state index is 0.151. The number of benzene rings is 1. The Kier molecular flexibility index (Phi) is 9.26. The topological polar surface area (TPSA) is 96.7 Å². The lowest BCUT2D eigenvalue weighted by molar-refractivity contribution is -0.120. The highest BCUT2D eigenvalue weighted by molar-refractivity contribution is 8.03. The third-order valence-corrected chi connectivity index (χ3v) is 5.00. The summed E-state index contributed by atoms with van der Waals surface area (Å²) in [7, 11) is 0. The van der Waals surface area contributed by atoms with E-state index < -0.39 is 17.5 Å². The Hall–Kier alpha value is -2.27. The van der Waals surface area contributed by atoms with Crippen LogP contribution < -0.4 is 16.6 Å². The highest BCUT2D eigenvalue weighted by Gasteiger charge is 2.21. The second-order valence-electron chi connectivity index (χ2n) is 6.38. The fraction of sp³-hybridized carbons (Fsp3) is 0.368. The van der Waals surface area contributed by atoms with Gasteiger partial charge >= 0.3 is 0 Å². The van der Waals surface area contributed by atoms with Crippen molar-refractivity contribution in [3.05, 3.63) is 59.0 Å². The molecule has 1 fully saturated rings. The Morgan fingerprint density at radius 1 is 1.34 bits per heavy atom. The normalized spacial score (nSPS) is 17.3. The molecule has 1 atom stereocenters. The Bertz CT molecular complexity index is 776. The second kappa shape index (κ2) is 11.7. The van der Waals surface area contributed by atoms with Gasteiger partial charge in [-0.05, 0) is 23.8 Å². The molecule has 0 radical (unpaired) electrons. The standard InChI is InChI=1S/C19H24F2N4O3S/c1-13(2-5-18(26)24-22)29-12-19(27)23-9-15-11-25(6-7-28-15)10-14-3-4-16(20)17(21)8-14/h2-5,8,15H,1,6-7,9-12,22H2,(H,23,27)(H,24,26)/b5-2-/t15-/m0/s1. The van der Waals surface area contributed by atoms with Gasteiger partial charge in [0.2, 0.25) is 5.91 Å². The summed E-state index contributed by atoms with van der Waals surface area (Å²) in [5.74, 6) is 2.73. The van der Waals surface area contributed by atoms with E-state index in [4.69, 9.17) is 10.6 Å². The molecule has 0 bridgehead atoms. The third-order valence-electron chi connectivity index (χ3n) is 4.09. The summed E-state index contributed by atoms with van der Waals surface area (Å²) < 4.78 is 32.1. The first-order valence-corrected chi connectivity index (χ1v) is 9.91. The maximum Gasteiger partial charge on any atom is 0.257 e. The summed E-state index contributed by atoms with van der Waals surface area (Å²) >= 11 is 1.20. The molecule has 1 aliphatic rings. The van der Waals surface area contributed by atoms with Crippen molar-refractivity contribution >= 4 is 23.6 Å². The Morgan fingerprint density at radius 2 is 2.14 bits per heavy atom. The number of nitrogens with one attached hydrogen (secondary N) is 2. The van der Waals surface area contributed by atoms with Crippen LogP contribution in [0.3, 0.4) is 0 Å². The van der Waals surface area contributed by atoms with Gasteiger partial charge in [0.15, 0.2) is 11.6 Å². The molecular formula is C19H24F2N4O3S. The molecule has 4 N–H and O–H groups in total. The number of nitrogens with zero attached hydrogens (tertiary/aromatic N) is 1. The fourth-order valence-electron chi connectivity index (χ4n) is 2.65. The van der Waals surface area contributed by atoms with Gasteiger partial charge in [0, 0.05) is 37.2 Å². The molecule has 0 aliphatic carbocycles. The first-order valence-electron chi connectivity index (χ1n) is 8.92. The van der Waals surface area contributed by atoms with E-state index >= 15 is 0 Å². The maximum atomic E-state index is 13.4. The van der Waals surface area contributed by atoms with Crippen molar-refractivity contribution in [2.45, 2.75) is 12.6 Å². The van der Waals surface area contributed by atoms with Gasteiger partial charge in [-0.1, -0.05) is 12.6 Å². The summed E-state index contributed by atoms with van der Waals surface area (Å²) in [6.07, 6.45) is 2.50. The van der Waals surface area contributed by atoms with Crippen LogP contribution in [0.25, 0.3) is 0 Å². The minimum atomic E-state index is -0.866. The van der Waals surface area contributed by atoms with Crippen molar-refractivity contribution in [3.63, 3.8) is 0 Å². The van der Waals surface area contributed by atoms with Crippen LogP contribution in [0.4, 0.5) is 8.78 Å². The zero-order valence-corrected chi connectivity index (χ0v) is 16.6. The summed E-state index contributed by atoms with van der Waals surface area (Å²) in [6, 6.07) is 3.86. The van der Waals surface area contributed by atoms with Gasteiger partial charge in [-0.2, -0.15) is 0 Å². The smallest absolute Gasteiger partial charge is 0.257 e. The Balaban J connectivity index is 1.71. The Labute approximate surface area is 172 Å². The monoisotopic (exact) mass is 426 g/mol. The van der Waals surface area contributed by atoms with Gasteiger partial charge in [-0.3, -0.25) is 19.9 Å². The van der Waals surface area contributed by atoms with E-state index in [0.717, 1.165) is 6.07 Å². The summed E-state index contributed by atoms with van der Waals surface area (Å²) in [5.41, 5.74) is 2.64. The van der Waals surface area contributed by atoms with Crippen molar-refractivity contribution in [2.75, 3.05) is 32.0 Å². The number of carbonyl (C=O) groups excluding carboxylic acids is 2. The van der Waals surface area contributed by atoms with E-state index in [-0.39, 0.29) is 17.8 Å². The molecule has 10 heteroatoms. The van der Waals surface area contributed by atoms with Crippen LogP contribution in [0.15, 0.2) is 41.8 Å². The largest absolute Gasteiger partial charge is 0.374 e. The van der Waals surface area contributed by atoms with Crippen molar-refractivity contribution < 1.29 is 23.1 Å². The number of morpholine rings is 1. The molecule has 0 unspecified atom stereocenters. The van der Waals surface area contributed by atoms with E-state index in [0.29, 0.717) is 43.3 Å². The van der Waals surface area contributed by atoms with Crippen molar-refractivity contribution in [1.29, 1.82) is 0 Å². The number of amides is 2. The lowest BCUT2D eigenvalue weighted by Gasteiger charge is -2.33. The van der Waals surface area contributed by atoms with Gasteiger partial charge in [0.05, 0.1) is 18.5 Å². The van der Waals surface area contributed by atoms with Gasteiger partial charge in [-0.25, -0.2) is 14.6 Å². The van der Waals surface area contributed by atoms with E-state index in [1.807, 2.05) is 5.43 Å². The molecule has 7 nitrogen and oxygen atoms in total. The molecular weight excluding hydrogens is 402 g/mol. The van der Waals surface area contributed by atoms with Crippen LogP contribution in [0, 0.1) is 11.6 Å². The second-order valence-corrected chi connectivity index (χ2v) is 7.48. The highest BCUT2D eigenvalue weighted by atomic mass is 32.2. The van der Waals surface area contributed by atoms with Gasteiger partial charge in [0.25, 0.3) is 5.91 Å². The van der Waals surface area contributed by atoms with Crippen LogP contribution in [0.5, 0.6) is 0 Å². The SMILES string of the molecule is C=C(/C=C\C(=O)NN)SCC(=O)NC[C@H]1CN(Cc2ccc(F)c(F)c2)CCO1. The summed E-state index contributed by atoms with van der Waals surface area (Å²) in [4.78, 5) is 25.6. The molecule has 1 aliphatic heterocycles. The fourth-order valence-corrected chi connectivity index (χ4v) is 3.23. The lowest BCUT2D eigenvalue weighted by Crippen LogP contribution is -2.47. The molecule has 0 aromatic heterocycles. The number of carbonyl (C=O) groups is 2. The number of nitrogens with two attached hydrogens (primary N) is 1. The number of rotatable bonds is 9. The predicted octanol–water partition coefficient (Wildman–Crippen LogP) is 1.07. The maximum absolute atomic E-state index is 13.4. The molecule has 2 amide bonds. The van der Waals surface area contributed by atoms with Crippen LogP contribution >= 0.6 is 11.8 Å². The number of halogens is 2. The molecule has 2 rings (SSSR count). The average Bonchev–Trinajstić information content (AvgIpc) is 2.71. The third kappa shape index (κ3) is 8.32. The molecule has 158 valence electrons. The molecule has 1 aromatic carbocycles. The molecule has 0 saturated carbocycles. The number of hydrogen-bond acceptors (Lipinski definition) is 6. The molecule has 1 saturated heterocycles. The van der Waals surface area contributed by atoms with Crippen molar-refractivity contribution in [1.82, 2.24) is 15.6 Å². The molecule has 1 heterocycles. The summed E-state index contributed by atoms with van der Waals surface area (Å²) in [6.45, 7) is 6.28. The number of thioether (sulfide) groups is 1. The van der Waals surface area contributed by atoms with Gasteiger partial charge in [-0.15, -0.1) is 11.8 Å².